The molecule has 0 aliphatic carbocycles. The largest absolute Gasteiger partial charge is 0.468 e. The van der Waals surface area contributed by atoms with Crippen molar-refractivity contribution in [2.45, 2.75) is 12.2 Å². The quantitative estimate of drug-likeness (QED) is 0.706. The molecule has 0 saturated carbocycles. The maximum atomic E-state index is 13.2. The number of nitrogens with one attached hydrogen (secondary N) is 2. The Morgan fingerprint density at radius 3 is 2.47 bits per heavy atom. The van der Waals surface area contributed by atoms with Crippen LogP contribution in [0.3, 0.4) is 0 Å². The summed E-state index contributed by atoms with van der Waals surface area (Å²) in [6.07, 6.45) is -3.68. The third-order valence-electron chi connectivity index (χ3n) is 4.26. The van der Waals surface area contributed by atoms with E-state index in [2.05, 4.69) is 10.7 Å². The van der Waals surface area contributed by atoms with Gasteiger partial charge >= 0.3 is 6.18 Å². The van der Waals surface area contributed by atoms with Crippen LogP contribution in [0.15, 0.2) is 60.5 Å². The van der Waals surface area contributed by atoms with Crippen LogP contribution in [0, 0.1) is 0 Å². The summed E-state index contributed by atoms with van der Waals surface area (Å²) in [5, 5.41) is 3.95. The highest BCUT2D eigenvalue weighted by Crippen LogP contribution is 2.33. The Morgan fingerprint density at radius 2 is 1.87 bits per heavy atom. The van der Waals surface area contributed by atoms with E-state index in [0.717, 1.165) is 16.8 Å². The molecule has 160 valence electrons. The van der Waals surface area contributed by atoms with Crippen molar-refractivity contribution in [3.05, 3.63) is 65.5 Å². The molecule has 0 saturated heterocycles. The van der Waals surface area contributed by atoms with Crippen LogP contribution in [0.5, 0.6) is 0 Å². The Balaban J connectivity index is 1.69. The normalized spacial score (nSPS) is 16.3. The Morgan fingerprint density at radius 1 is 1.20 bits per heavy atom. The summed E-state index contributed by atoms with van der Waals surface area (Å²) in [5.41, 5.74) is 4.08. The van der Waals surface area contributed by atoms with Crippen LogP contribution < -0.4 is 20.7 Å². The first kappa shape index (κ1) is 21.8. The number of carbonyl (C=O) groups is 1. The van der Waals surface area contributed by atoms with Crippen molar-refractivity contribution in [2.24, 2.45) is 0 Å². The van der Waals surface area contributed by atoms with Crippen LogP contribution in [-0.4, -0.2) is 38.8 Å². The van der Waals surface area contributed by atoms with E-state index in [1.54, 1.807) is 30.3 Å². The van der Waals surface area contributed by atoms with Crippen LogP contribution >= 0.6 is 11.6 Å². The van der Waals surface area contributed by atoms with Gasteiger partial charge in [-0.3, -0.25) is 4.79 Å². The van der Waals surface area contributed by atoms with Crippen molar-refractivity contribution in [3.63, 3.8) is 0 Å². The first-order valence-electron chi connectivity index (χ1n) is 8.94. The Bertz CT molecular complexity index is 932. The maximum Gasteiger partial charge on any atom is 0.409 e. The van der Waals surface area contributed by atoms with Gasteiger partial charge in [-0.2, -0.15) is 13.2 Å². The molecule has 1 amide bonds. The molecule has 1 aliphatic heterocycles. The number of nitrogens with zero attached hydrogens (tertiary/aromatic N) is 2. The number of para-hydroxylation sites is 1. The highest BCUT2D eigenvalue weighted by atomic mass is 35.5. The van der Waals surface area contributed by atoms with Gasteiger partial charge in [0, 0.05) is 31.5 Å². The maximum absolute atomic E-state index is 13.2. The second-order valence-electron chi connectivity index (χ2n) is 6.72. The van der Waals surface area contributed by atoms with Gasteiger partial charge in [0.25, 0.3) is 5.91 Å². The third-order valence-corrected chi connectivity index (χ3v) is 4.58. The minimum absolute atomic E-state index is 0.163. The number of anilines is 3. The second kappa shape index (κ2) is 8.85. The van der Waals surface area contributed by atoms with Gasteiger partial charge in [0.05, 0.1) is 10.7 Å². The van der Waals surface area contributed by atoms with Gasteiger partial charge in [-0.25, -0.2) is 10.4 Å². The zero-order chi connectivity index (χ0) is 21.9. The molecule has 2 aromatic carbocycles. The van der Waals surface area contributed by atoms with Gasteiger partial charge in [0.2, 0.25) is 5.88 Å². The average molecular weight is 441 g/mol. The SMILES string of the molecule is CN(C)c1ccc(NC(=O)COC2=CC(C(F)(F)F)NN2c2ccccc2Cl)cc1. The molecule has 0 aromatic heterocycles. The summed E-state index contributed by atoms with van der Waals surface area (Å²) >= 11 is 6.11. The number of halogens is 4. The summed E-state index contributed by atoms with van der Waals surface area (Å²) in [7, 11) is 3.79. The molecule has 2 N–H and O–H groups in total. The van der Waals surface area contributed by atoms with Gasteiger partial charge in [-0.15, -0.1) is 0 Å². The second-order valence-corrected chi connectivity index (χ2v) is 7.13. The van der Waals surface area contributed by atoms with E-state index in [1.165, 1.54) is 6.07 Å². The molecule has 30 heavy (non-hydrogen) atoms. The number of benzene rings is 2. The van der Waals surface area contributed by atoms with Gasteiger partial charge in [0.1, 0.15) is 6.04 Å². The summed E-state index contributed by atoms with van der Waals surface area (Å²) in [6.45, 7) is -0.478. The van der Waals surface area contributed by atoms with E-state index in [-0.39, 0.29) is 16.6 Å². The fourth-order valence-electron chi connectivity index (χ4n) is 2.74. The number of alkyl halides is 3. The molecule has 0 spiro atoms. The topological polar surface area (TPSA) is 56.8 Å². The lowest BCUT2D eigenvalue weighted by molar-refractivity contribution is -0.142. The van der Waals surface area contributed by atoms with Crippen LogP contribution in [0.4, 0.5) is 30.2 Å². The Labute approximate surface area is 176 Å². The van der Waals surface area contributed by atoms with E-state index in [0.29, 0.717) is 5.69 Å². The van der Waals surface area contributed by atoms with Crippen LogP contribution in [0.1, 0.15) is 0 Å². The van der Waals surface area contributed by atoms with Gasteiger partial charge < -0.3 is 15.0 Å². The number of amides is 1. The lowest BCUT2D eigenvalue weighted by Crippen LogP contribution is -2.45. The van der Waals surface area contributed by atoms with Crippen LogP contribution in [-0.2, 0) is 9.53 Å². The number of rotatable bonds is 6. The number of hydrazine groups is 1. The molecule has 1 heterocycles. The Hall–Kier alpha value is -2.91. The fraction of sp³-hybridized carbons (Fsp3) is 0.250. The molecular formula is C20H20ClF3N4O2. The number of hydrogen-bond acceptors (Lipinski definition) is 5. The predicted molar refractivity (Wildman–Crippen MR) is 110 cm³/mol. The van der Waals surface area contributed by atoms with Crippen LogP contribution in [0.2, 0.25) is 5.02 Å². The minimum Gasteiger partial charge on any atom is -0.468 e. The summed E-state index contributed by atoms with van der Waals surface area (Å²) in [5.74, 6) is -0.674. The van der Waals surface area contributed by atoms with Crippen LogP contribution in [0.25, 0.3) is 0 Å². The molecule has 1 unspecified atom stereocenters. The molecule has 0 bridgehead atoms. The smallest absolute Gasteiger partial charge is 0.409 e. The monoisotopic (exact) mass is 440 g/mol. The van der Waals surface area contributed by atoms with Crippen molar-refractivity contribution in [1.82, 2.24) is 5.43 Å². The third kappa shape index (κ3) is 5.17. The van der Waals surface area contributed by atoms with E-state index in [9.17, 15) is 18.0 Å². The van der Waals surface area contributed by atoms with E-state index in [4.69, 9.17) is 16.3 Å². The van der Waals surface area contributed by atoms with Gasteiger partial charge in [-0.1, -0.05) is 23.7 Å². The molecule has 1 atom stereocenters. The molecule has 1 aliphatic rings. The van der Waals surface area contributed by atoms with Crippen molar-refractivity contribution in [2.75, 3.05) is 35.9 Å². The molecule has 0 fully saturated rings. The highest BCUT2D eigenvalue weighted by Gasteiger charge is 2.44. The zero-order valence-corrected chi connectivity index (χ0v) is 17.0. The van der Waals surface area contributed by atoms with E-state index < -0.39 is 24.7 Å². The summed E-state index contributed by atoms with van der Waals surface area (Å²) < 4.78 is 45.0. The van der Waals surface area contributed by atoms with Crippen molar-refractivity contribution < 1.29 is 22.7 Å². The van der Waals surface area contributed by atoms with Crippen molar-refractivity contribution in [3.8, 4) is 0 Å². The number of ether oxygens (including phenoxy) is 1. The fourth-order valence-corrected chi connectivity index (χ4v) is 2.96. The molecule has 6 nitrogen and oxygen atoms in total. The lowest BCUT2D eigenvalue weighted by Gasteiger charge is -2.25. The first-order chi connectivity index (χ1) is 14.1. The minimum atomic E-state index is -4.54. The van der Waals surface area contributed by atoms with Crippen molar-refractivity contribution in [1.29, 1.82) is 0 Å². The number of carbonyl (C=O) groups excluding carboxylic acids is 1. The van der Waals surface area contributed by atoms with E-state index in [1.807, 2.05) is 31.1 Å². The van der Waals surface area contributed by atoms with Gasteiger partial charge in [-0.05, 0) is 36.4 Å². The van der Waals surface area contributed by atoms with E-state index >= 15 is 0 Å². The summed E-state index contributed by atoms with van der Waals surface area (Å²) in [4.78, 5) is 14.1. The number of hydrogen-bond donors (Lipinski definition) is 2. The molecule has 0 radical (unpaired) electrons. The average Bonchev–Trinajstić information content (AvgIpc) is 3.12. The zero-order valence-electron chi connectivity index (χ0n) is 16.2. The molecule has 3 rings (SSSR count). The van der Waals surface area contributed by atoms with Gasteiger partial charge in [0.15, 0.2) is 6.61 Å². The lowest BCUT2D eigenvalue weighted by atomic mass is 10.2. The highest BCUT2D eigenvalue weighted by molar-refractivity contribution is 6.33. The molecular weight excluding hydrogens is 421 g/mol. The standard InChI is InChI=1S/C20H20ClF3N4O2/c1-27(2)14-9-7-13(8-10-14)25-18(29)12-30-19-11-17(20(22,23)24)26-28(19)16-6-4-3-5-15(16)21/h3-11,17,26H,12H2,1-2H3,(H,25,29). The predicted octanol–water partition coefficient (Wildman–Crippen LogP) is 4.16. The Kier molecular flexibility index (Phi) is 6.42. The molecule has 2 aromatic rings. The first-order valence-corrected chi connectivity index (χ1v) is 9.32. The molecule has 10 heteroatoms. The van der Waals surface area contributed by atoms with Crippen molar-refractivity contribution >= 4 is 34.6 Å². The summed E-state index contributed by atoms with van der Waals surface area (Å²) in [6, 6.07) is 11.5.